The van der Waals surface area contributed by atoms with Crippen LogP contribution in [0.3, 0.4) is 0 Å². The first-order chi connectivity index (χ1) is 8.21. The second-order valence-electron chi connectivity index (χ2n) is 5.30. The molecule has 4 heteroatoms. The Morgan fingerprint density at radius 1 is 1.11 bits per heavy atom. The van der Waals surface area contributed by atoms with Gasteiger partial charge in [-0.2, -0.15) is 0 Å². The van der Waals surface area contributed by atoms with Crippen molar-refractivity contribution >= 4 is 8.32 Å². The van der Waals surface area contributed by atoms with Gasteiger partial charge < -0.3 is 13.9 Å². The summed E-state index contributed by atoms with van der Waals surface area (Å²) in [6, 6.07) is 0. The van der Waals surface area contributed by atoms with Crippen LogP contribution in [0, 0.1) is 0 Å². The van der Waals surface area contributed by atoms with Crippen molar-refractivity contribution in [1.29, 1.82) is 0 Å². The minimum atomic E-state index is -1.72. The highest BCUT2D eigenvalue weighted by Gasteiger charge is 2.22. The lowest BCUT2D eigenvalue weighted by atomic mass is 10.1. The van der Waals surface area contributed by atoms with E-state index in [0.29, 0.717) is 18.1 Å². The molecular formula is C14H26O3Si. The maximum absolute atomic E-state index is 5.93. The monoisotopic (exact) mass is 270 g/mol. The van der Waals surface area contributed by atoms with Crippen molar-refractivity contribution in [1.82, 2.24) is 0 Å². The van der Waals surface area contributed by atoms with Crippen LogP contribution in [-0.2, 0) is 13.9 Å². The zero-order valence-electron chi connectivity index (χ0n) is 12.7. The first-order valence-corrected chi connectivity index (χ1v) is 9.45. The van der Waals surface area contributed by atoms with Crippen LogP contribution in [0.25, 0.3) is 0 Å². The zero-order valence-corrected chi connectivity index (χ0v) is 13.7. The summed E-state index contributed by atoms with van der Waals surface area (Å²) in [5.41, 5.74) is 2.10. The summed E-state index contributed by atoms with van der Waals surface area (Å²) in [5, 5.41) is 0. The molecule has 0 saturated carbocycles. The molecule has 0 fully saturated rings. The lowest BCUT2D eigenvalue weighted by Crippen LogP contribution is -2.26. The molecule has 104 valence electrons. The number of hydrogen-bond donors (Lipinski definition) is 0. The van der Waals surface area contributed by atoms with Gasteiger partial charge >= 0.3 is 0 Å². The number of hydrogen-bond acceptors (Lipinski definition) is 3. The topological polar surface area (TPSA) is 27.7 Å². The lowest BCUT2D eigenvalue weighted by Gasteiger charge is -2.23. The van der Waals surface area contributed by atoms with Crippen LogP contribution in [-0.4, -0.2) is 22.5 Å². The van der Waals surface area contributed by atoms with E-state index in [0.717, 1.165) is 5.57 Å². The molecule has 0 aliphatic heterocycles. The molecule has 0 N–H and O–H groups in total. The normalized spacial score (nSPS) is 12.4. The second kappa shape index (κ2) is 7.31. The molecule has 0 rings (SSSR count). The van der Waals surface area contributed by atoms with E-state index in [2.05, 4.69) is 46.1 Å². The van der Waals surface area contributed by atoms with Crippen LogP contribution in [0.15, 0.2) is 35.5 Å². The van der Waals surface area contributed by atoms with E-state index in [1.807, 2.05) is 0 Å². The van der Waals surface area contributed by atoms with Crippen LogP contribution >= 0.6 is 0 Å². The fraction of sp³-hybridized carbons (Fsp3) is 0.571. The molecular weight excluding hydrogens is 244 g/mol. The Balaban J connectivity index is 5.31. The Kier molecular flexibility index (Phi) is 6.84. The van der Waals surface area contributed by atoms with Crippen molar-refractivity contribution in [3.05, 3.63) is 35.5 Å². The average Bonchev–Trinajstić information content (AvgIpc) is 2.25. The Bertz CT molecular complexity index is 345. The minimum Gasteiger partial charge on any atom is -0.519 e. The van der Waals surface area contributed by atoms with E-state index in [9.17, 15) is 0 Å². The molecule has 0 aromatic carbocycles. The third kappa shape index (κ3) is 6.54. The minimum absolute atomic E-state index is 0.526. The predicted octanol–water partition coefficient (Wildman–Crippen LogP) is 4.21. The van der Waals surface area contributed by atoms with Gasteiger partial charge in [-0.3, -0.25) is 0 Å². The molecule has 0 aliphatic rings. The molecule has 18 heavy (non-hydrogen) atoms. The zero-order chi connectivity index (χ0) is 14.3. The highest BCUT2D eigenvalue weighted by atomic mass is 28.4. The van der Waals surface area contributed by atoms with E-state index in [1.54, 1.807) is 14.2 Å². The molecule has 0 aliphatic carbocycles. The summed E-state index contributed by atoms with van der Waals surface area (Å²) >= 11 is 0. The molecule has 0 amide bonds. The maximum Gasteiger partial charge on any atom is 0.272 e. The molecule has 0 aromatic heterocycles. The summed E-state index contributed by atoms with van der Waals surface area (Å²) in [7, 11) is 1.50. The number of rotatable bonds is 7. The molecule has 0 unspecified atom stereocenters. The second-order valence-corrected chi connectivity index (χ2v) is 9.73. The SMILES string of the molecule is C=C(OC)/C(CC=C(C)C)=C(/OC)O[Si](C)(C)C. The van der Waals surface area contributed by atoms with Gasteiger partial charge in [-0.15, -0.1) is 0 Å². The predicted molar refractivity (Wildman–Crippen MR) is 78.7 cm³/mol. The molecule has 0 bridgehead atoms. The van der Waals surface area contributed by atoms with Crippen LogP contribution in [0.2, 0.25) is 19.6 Å². The summed E-state index contributed by atoms with van der Waals surface area (Å²) < 4.78 is 16.5. The highest BCUT2D eigenvalue weighted by molar-refractivity contribution is 6.70. The van der Waals surface area contributed by atoms with Gasteiger partial charge in [-0.25, -0.2) is 0 Å². The van der Waals surface area contributed by atoms with Crippen molar-refractivity contribution in [2.75, 3.05) is 14.2 Å². The molecule has 0 radical (unpaired) electrons. The molecule has 0 saturated heterocycles. The van der Waals surface area contributed by atoms with Crippen LogP contribution in [0.1, 0.15) is 20.3 Å². The third-order valence-electron chi connectivity index (χ3n) is 2.13. The standard InChI is InChI=1S/C14H26O3Si/c1-11(2)9-10-13(12(3)15-4)14(16-5)17-18(6,7)8/h9H,3,10H2,1-2,4-8H3/b14-13-. The van der Waals surface area contributed by atoms with Crippen molar-refractivity contribution < 1.29 is 13.9 Å². The third-order valence-corrected chi connectivity index (χ3v) is 2.93. The Labute approximate surface area is 112 Å². The summed E-state index contributed by atoms with van der Waals surface area (Å²) in [6.45, 7) is 14.3. The molecule has 0 spiro atoms. The highest BCUT2D eigenvalue weighted by Crippen LogP contribution is 2.23. The number of allylic oxidation sites excluding steroid dienone is 3. The lowest BCUT2D eigenvalue weighted by molar-refractivity contribution is 0.138. The summed E-state index contributed by atoms with van der Waals surface area (Å²) in [6.07, 6.45) is 2.80. The van der Waals surface area contributed by atoms with E-state index in [-0.39, 0.29) is 0 Å². The molecule has 0 atom stereocenters. The summed E-state index contributed by atoms with van der Waals surface area (Å²) in [4.78, 5) is 0. The van der Waals surface area contributed by atoms with Gasteiger partial charge in [0.25, 0.3) is 5.95 Å². The number of methoxy groups -OCH3 is 2. The molecule has 0 aromatic rings. The fourth-order valence-electron chi connectivity index (χ4n) is 1.24. The Morgan fingerprint density at radius 2 is 1.67 bits per heavy atom. The Hall–Kier alpha value is -1.16. The van der Waals surface area contributed by atoms with E-state index in [4.69, 9.17) is 13.9 Å². The van der Waals surface area contributed by atoms with Crippen molar-refractivity contribution in [2.45, 2.75) is 39.9 Å². The van der Waals surface area contributed by atoms with Gasteiger partial charge in [0.1, 0.15) is 5.76 Å². The van der Waals surface area contributed by atoms with Crippen LogP contribution in [0.5, 0.6) is 0 Å². The van der Waals surface area contributed by atoms with E-state index in [1.165, 1.54) is 5.57 Å². The van der Waals surface area contributed by atoms with Crippen molar-refractivity contribution in [3.8, 4) is 0 Å². The number of ether oxygens (including phenoxy) is 2. The van der Waals surface area contributed by atoms with E-state index >= 15 is 0 Å². The van der Waals surface area contributed by atoms with Crippen molar-refractivity contribution in [2.24, 2.45) is 0 Å². The first kappa shape index (κ1) is 16.8. The maximum atomic E-state index is 5.93. The average molecular weight is 270 g/mol. The van der Waals surface area contributed by atoms with Gasteiger partial charge in [0.2, 0.25) is 8.32 Å². The smallest absolute Gasteiger partial charge is 0.272 e. The first-order valence-electron chi connectivity index (χ1n) is 6.04. The fourth-order valence-corrected chi connectivity index (χ4v) is 2.01. The van der Waals surface area contributed by atoms with Gasteiger partial charge in [0.15, 0.2) is 0 Å². The quantitative estimate of drug-likeness (QED) is 0.300. The van der Waals surface area contributed by atoms with Gasteiger partial charge in [0, 0.05) is 6.42 Å². The van der Waals surface area contributed by atoms with Crippen LogP contribution < -0.4 is 0 Å². The van der Waals surface area contributed by atoms with Gasteiger partial charge in [-0.1, -0.05) is 18.2 Å². The van der Waals surface area contributed by atoms with Crippen molar-refractivity contribution in [3.63, 3.8) is 0 Å². The van der Waals surface area contributed by atoms with Crippen LogP contribution in [0.4, 0.5) is 0 Å². The van der Waals surface area contributed by atoms with E-state index < -0.39 is 8.32 Å². The summed E-state index contributed by atoms with van der Waals surface area (Å²) in [5.74, 6) is 1.11. The van der Waals surface area contributed by atoms with Gasteiger partial charge in [-0.05, 0) is 33.5 Å². The largest absolute Gasteiger partial charge is 0.519 e. The molecule has 3 nitrogen and oxygen atoms in total. The van der Waals surface area contributed by atoms with Gasteiger partial charge in [0.05, 0.1) is 19.8 Å². The molecule has 0 heterocycles. The Morgan fingerprint density at radius 3 is 2.00 bits per heavy atom.